The molecule has 1 aromatic rings. The van der Waals surface area contributed by atoms with Crippen LogP contribution in [0.15, 0.2) is 12.4 Å². The van der Waals surface area contributed by atoms with E-state index in [1.54, 1.807) is 0 Å². The van der Waals surface area contributed by atoms with Crippen LogP contribution in [-0.2, 0) is 4.79 Å². The topological polar surface area (TPSA) is 80.9 Å². The number of anilines is 1. The van der Waals surface area contributed by atoms with E-state index in [4.69, 9.17) is 17.3 Å². The summed E-state index contributed by atoms with van der Waals surface area (Å²) >= 11 is 5.68. The van der Waals surface area contributed by atoms with Gasteiger partial charge in [-0.15, -0.1) is 0 Å². The van der Waals surface area contributed by atoms with Crippen molar-refractivity contribution >= 4 is 23.5 Å². The number of carbonyl (C=O) groups is 1. The monoisotopic (exact) mass is 240 g/mol. The fourth-order valence-corrected chi connectivity index (χ4v) is 2.12. The predicted molar refractivity (Wildman–Crippen MR) is 61.0 cm³/mol. The van der Waals surface area contributed by atoms with E-state index in [1.165, 1.54) is 12.4 Å². The standard InChI is InChI=1S/C10H13ClN4O/c11-6-4-13-10(14-5-6)15-8-3-1-2-7(8)9(12)16/h4-5,7-8H,1-3H2,(H2,12,16)(H,13,14,15)/t7-,8+/m0/s1. The van der Waals surface area contributed by atoms with Gasteiger partial charge in [0, 0.05) is 6.04 Å². The SMILES string of the molecule is NC(=O)[C@H]1CCC[C@H]1Nc1ncc(Cl)cn1. The lowest BCUT2D eigenvalue weighted by Gasteiger charge is -2.17. The molecule has 6 heteroatoms. The molecule has 0 spiro atoms. The number of primary amides is 1. The zero-order valence-electron chi connectivity index (χ0n) is 8.69. The summed E-state index contributed by atoms with van der Waals surface area (Å²) in [7, 11) is 0. The molecule has 0 bridgehead atoms. The molecule has 2 atom stereocenters. The van der Waals surface area contributed by atoms with E-state index in [-0.39, 0.29) is 17.9 Å². The fourth-order valence-electron chi connectivity index (χ4n) is 2.03. The number of hydrogen-bond acceptors (Lipinski definition) is 4. The molecule has 1 aliphatic carbocycles. The Morgan fingerprint density at radius 1 is 1.44 bits per heavy atom. The first-order valence-electron chi connectivity index (χ1n) is 5.20. The molecule has 1 aromatic heterocycles. The first kappa shape index (κ1) is 11.1. The molecule has 1 saturated carbocycles. The number of nitrogens with zero attached hydrogens (tertiary/aromatic N) is 2. The molecule has 0 aliphatic heterocycles. The van der Waals surface area contributed by atoms with Crippen molar-refractivity contribution in [2.45, 2.75) is 25.3 Å². The van der Waals surface area contributed by atoms with Crippen molar-refractivity contribution in [3.05, 3.63) is 17.4 Å². The van der Waals surface area contributed by atoms with Crippen LogP contribution >= 0.6 is 11.6 Å². The number of carbonyl (C=O) groups excluding carboxylic acids is 1. The van der Waals surface area contributed by atoms with E-state index in [0.717, 1.165) is 19.3 Å². The Bertz CT molecular complexity index is 381. The second-order valence-electron chi connectivity index (χ2n) is 3.92. The van der Waals surface area contributed by atoms with Gasteiger partial charge in [0.05, 0.1) is 23.3 Å². The van der Waals surface area contributed by atoms with Crippen LogP contribution in [0, 0.1) is 5.92 Å². The van der Waals surface area contributed by atoms with Gasteiger partial charge in [-0.05, 0) is 12.8 Å². The van der Waals surface area contributed by atoms with Crippen LogP contribution in [-0.4, -0.2) is 21.9 Å². The van der Waals surface area contributed by atoms with Gasteiger partial charge in [0.2, 0.25) is 11.9 Å². The van der Waals surface area contributed by atoms with Crippen LogP contribution in [0.1, 0.15) is 19.3 Å². The minimum Gasteiger partial charge on any atom is -0.369 e. The Morgan fingerprint density at radius 3 is 2.75 bits per heavy atom. The van der Waals surface area contributed by atoms with Gasteiger partial charge in [-0.25, -0.2) is 9.97 Å². The van der Waals surface area contributed by atoms with Crippen LogP contribution in [0.4, 0.5) is 5.95 Å². The lowest BCUT2D eigenvalue weighted by Crippen LogP contribution is -2.34. The molecule has 1 amide bonds. The van der Waals surface area contributed by atoms with Crippen LogP contribution in [0.2, 0.25) is 5.02 Å². The van der Waals surface area contributed by atoms with Crippen molar-refractivity contribution in [3.63, 3.8) is 0 Å². The van der Waals surface area contributed by atoms with E-state index in [9.17, 15) is 4.79 Å². The summed E-state index contributed by atoms with van der Waals surface area (Å²) in [5, 5.41) is 3.61. The maximum atomic E-state index is 11.2. The van der Waals surface area contributed by atoms with Crippen LogP contribution in [0.5, 0.6) is 0 Å². The number of halogens is 1. The van der Waals surface area contributed by atoms with Crippen LogP contribution < -0.4 is 11.1 Å². The number of nitrogens with one attached hydrogen (secondary N) is 1. The fraction of sp³-hybridized carbons (Fsp3) is 0.500. The Morgan fingerprint density at radius 2 is 2.12 bits per heavy atom. The summed E-state index contributed by atoms with van der Waals surface area (Å²) in [4.78, 5) is 19.2. The zero-order chi connectivity index (χ0) is 11.5. The van der Waals surface area contributed by atoms with E-state index in [2.05, 4.69) is 15.3 Å². The summed E-state index contributed by atoms with van der Waals surface area (Å²) in [6.07, 6.45) is 5.79. The summed E-state index contributed by atoms with van der Waals surface area (Å²) in [6, 6.07) is 0.0404. The summed E-state index contributed by atoms with van der Waals surface area (Å²) in [5.41, 5.74) is 5.33. The van der Waals surface area contributed by atoms with Crippen LogP contribution in [0.3, 0.4) is 0 Å². The summed E-state index contributed by atoms with van der Waals surface area (Å²) in [5.74, 6) is 0.103. The second-order valence-corrected chi connectivity index (χ2v) is 4.35. The molecule has 0 aromatic carbocycles. The number of nitrogens with two attached hydrogens (primary N) is 1. The van der Waals surface area contributed by atoms with Gasteiger partial charge < -0.3 is 11.1 Å². The zero-order valence-corrected chi connectivity index (χ0v) is 9.44. The van der Waals surface area contributed by atoms with Crippen molar-refractivity contribution in [2.24, 2.45) is 11.7 Å². The Labute approximate surface area is 98.4 Å². The van der Waals surface area contributed by atoms with Gasteiger partial charge in [0.15, 0.2) is 0 Å². The van der Waals surface area contributed by atoms with Gasteiger partial charge in [0.1, 0.15) is 0 Å². The molecule has 0 unspecified atom stereocenters. The van der Waals surface area contributed by atoms with Crippen molar-refractivity contribution in [1.82, 2.24) is 9.97 Å². The van der Waals surface area contributed by atoms with Gasteiger partial charge in [-0.3, -0.25) is 4.79 Å². The van der Waals surface area contributed by atoms with Crippen molar-refractivity contribution < 1.29 is 4.79 Å². The molecular weight excluding hydrogens is 228 g/mol. The highest BCUT2D eigenvalue weighted by molar-refractivity contribution is 6.30. The molecule has 3 N–H and O–H groups in total. The minimum absolute atomic E-state index is 0.0404. The predicted octanol–water partition coefficient (Wildman–Crippen LogP) is 1.20. The number of hydrogen-bond donors (Lipinski definition) is 2. The summed E-state index contributed by atoms with van der Waals surface area (Å²) < 4.78 is 0. The van der Waals surface area contributed by atoms with E-state index >= 15 is 0 Å². The van der Waals surface area contributed by atoms with Gasteiger partial charge >= 0.3 is 0 Å². The number of aromatic nitrogens is 2. The van der Waals surface area contributed by atoms with Crippen LogP contribution in [0.25, 0.3) is 0 Å². The van der Waals surface area contributed by atoms with E-state index in [0.29, 0.717) is 11.0 Å². The molecule has 2 rings (SSSR count). The molecule has 5 nitrogen and oxygen atoms in total. The Kier molecular flexibility index (Phi) is 3.24. The normalized spacial score (nSPS) is 24.3. The first-order chi connectivity index (χ1) is 7.66. The average Bonchev–Trinajstić information content (AvgIpc) is 2.69. The van der Waals surface area contributed by atoms with Crippen molar-refractivity contribution in [3.8, 4) is 0 Å². The quantitative estimate of drug-likeness (QED) is 0.832. The summed E-state index contributed by atoms with van der Waals surface area (Å²) in [6.45, 7) is 0. The second kappa shape index (κ2) is 4.65. The third-order valence-corrected chi connectivity index (χ3v) is 3.01. The largest absolute Gasteiger partial charge is 0.369 e. The lowest BCUT2D eigenvalue weighted by molar-refractivity contribution is -0.121. The average molecular weight is 241 g/mol. The number of amides is 1. The smallest absolute Gasteiger partial charge is 0.222 e. The van der Waals surface area contributed by atoms with E-state index in [1.807, 2.05) is 0 Å². The minimum atomic E-state index is -0.260. The van der Waals surface area contributed by atoms with Gasteiger partial charge in [-0.1, -0.05) is 18.0 Å². The maximum absolute atomic E-state index is 11.2. The van der Waals surface area contributed by atoms with E-state index < -0.39 is 0 Å². The first-order valence-corrected chi connectivity index (χ1v) is 5.58. The molecule has 0 radical (unpaired) electrons. The molecule has 86 valence electrons. The maximum Gasteiger partial charge on any atom is 0.222 e. The molecule has 1 aliphatic rings. The Hall–Kier alpha value is -1.36. The highest BCUT2D eigenvalue weighted by Gasteiger charge is 2.31. The third kappa shape index (κ3) is 2.41. The third-order valence-electron chi connectivity index (χ3n) is 2.82. The van der Waals surface area contributed by atoms with Crippen molar-refractivity contribution in [2.75, 3.05) is 5.32 Å². The number of rotatable bonds is 3. The van der Waals surface area contributed by atoms with Gasteiger partial charge in [-0.2, -0.15) is 0 Å². The lowest BCUT2D eigenvalue weighted by atomic mass is 10.0. The van der Waals surface area contributed by atoms with Crippen molar-refractivity contribution in [1.29, 1.82) is 0 Å². The Balaban J connectivity index is 2.03. The highest BCUT2D eigenvalue weighted by Crippen LogP contribution is 2.27. The molecule has 1 heterocycles. The molecular formula is C10H13ClN4O. The highest BCUT2D eigenvalue weighted by atomic mass is 35.5. The molecule has 1 fully saturated rings. The molecule has 0 saturated heterocycles. The van der Waals surface area contributed by atoms with Gasteiger partial charge in [0.25, 0.3) is 0 Å². The molecule has 16 heavy (non-hydrogen) atoms.